The predicted molar refractivity (Wildman–Crippen MR) is 132 cm³/mol. The largest absolute Gasteiger partial charge is 0.486 e. The Bertz CT molecular complexity index is 1070. The number of hydrogen-bond acceptors (Lipinski definition) is 6. The van der Waals surface area contributed by atoms with Crippen LogP contribution in [0.3, 0.4) is 0 Å². The molecule has 2 aromatic carbocycles. The molecule has 0 saturated carbocycles. The number of imide groups is 1. The van der Waals surface area contributed by atoms with Crippen LogP contribution in [0.15, 0.2) is 50.2 Å². The maximum atomic E-state index is 12.7. The van der Waals surface area contributed by atoms with Gasteiger partial charge in [-0.2, -0.15) is 0 Å². The molecule has 1 fully saturated rings. The first-order valence-corrected chi connectivity index (χ1v) is 12.3. The highest BCUT2D eigenvalue weighted by molar-refractivity contribution is 9.10. The number of hydrogen-bond donors (Lipinski definition) is 0. The summed E-state index contributed by atoms with van der Waals surface area (Å²) in [5.74, 6) is -0.715. The van der Waals surface area contributed by atoms with Gasteiger partial charge in [0.25, 0.3) is 11.1 Å². The monoisotopic (exact) mass is 601 g/mol. The van der Waals surface area contributed by atoms with Crippen molar-refractivity contribution < 1.29 is 23.9 Å². The van der Waals surface area contributed by atoms with Crippen LogP contribution in [0.1, 0.15) is 25.0 Å². The van der Waals surface area contributed by atoms with Gasteiger partial charge in [-0.25, -0.2) is 4.79 Å². The van der Waals surface area contributed by atoms with E-state index in [1.54, 1.807) is 25.1 Å². The summed E-state index contributed by atoms with van der Waals surface area (Å²) in [7, 11) is 0. The zero-order valence-electron chi connectivity index (χ0n) is 17.1. The van der Waals surface area contributed by atoms with Crippen molar-refractivity contribution in [2.75, 3.05) is 6.61 Å². The highest BCUT2D eigenvalue weighted by Crippen LogP contribution is 2.38. The number of carbonyl (C=O) groups excluding carboxylic acids is 3. The number of benzene rings is 2. The minimum atomic E-state index is -1.00. The third-order valence-electron chi connectivity index (χ3n) is 4.45. The lowest BCUT2D eigenvalue weighted by molar-refractivity contribution is -0.150. The van der Waals surface area contributed by atoms with Crippen molar-refractivity contribution in [2.45, 2.75) is 26.5 Å². The van der Waals surface area contributed by atoms with Gasteiger partial charge < -0.3 is 9.47 Å². The van der Waals surface area contributed by atoms with Crippen LogP contribution in [0.5, 0.6) is 5.75 Å². The molecule has 32 heavy (non-hydrogen) atoms. The molecule has 0 aliphatic carbocycles. The number of amides is 2. The van der Waals surface area contributed by atoms with E-state index in [4.69, 9.17) is 21.1 Å². The Kier molecular flexibility index (Phi) is 8.43. The summed E-state index contributed by atoms with van der Waals surface area (Å²) in [5, 5.41) is -0.178. The van der Waals surface area contributed by atoms with Gasteiger partial charge in [-0.05, 0) is 83.0 Å². The number of rotatable bonds is 7. The molecule has 10 heteroatoms. The van der Waals surface area contributed by atoms with E-state index in [1.165, 1.54) is 6.92 Å². The second-order valence-corrected chi connectivity index (χ2v) is 9.88. The number of carbonyl (C=O) groups is 3. The van der Waals surface area contributed by atoms with E-state index < -0.39 is 23.2 Å². The molecule has 0 unspecified atom stereocenters. The summed E-state index contributed by atoms with van der Waals surface area (Å²) in [6, 6.07) is 10.1. The van der Waals surface area contributed by atoms with E-state index in [-0.39, 0.29) is 11.5 Å². The van der Waals surface area contributed by atoms with Crippen molar-refractivity contribution >= 4 is 78.4 Å². The zero-order valence-corrected chi connectivity index (χ0v) is 21.8. The lowest BCUT2D eigenvalue weighted by atomic mass is 10.2. The van der Waals surface area contributed by atoms with Crippen molar-refractivity contribution in [3.63, 3.8) is 0 Å². The van der Waals surface area contributed by atoms with E-state index in [1.807, 2.05) is 24.3 Å². The normalized spacial score (nSPS) is 15.9. The van der Waals surface area contributed by atoms with Gasteiger partial charge in [0.1, 0.15) is 12.6 Å². The second kappa shape index (κ2) is 10.9. The Hall–Kier alpha value is -1.81. The van der Waals surface area contributed by atoms with Crippen LogP contribution in [0, 0.1) is 0 Å². The van der Waals surface area contributed by atoms with Gasteiger partial charge in [0.2, 0.25) is 0 Å². The van der Waals surface area contributed by atoms with Crippen LogP contribution in [-0.2, 0) is 20.9 Å². The smallest absolute Gasteiger partial charge is 0.329 e. The molecule has 1 atom stereocenters. The Morgan fingerprint density at radius 2 is 1.91 bits per heavy atom. The van der Waals surface area contributed by atoms with E-state index in [9.17, 15) is 14.4 Å². The van der Waals surface area contributed by atoms with Crippen LogP contribution in [-0.4, -0.2) is 34.7 Å². The summed E-state index contributed by atoms with van der Waals surface area (Å²) in [4.78, 5) is 38.1. The molecule has 0 N–H and O–H groups in total. The van der Waals surface area contributed by atoms with E-state index in [2.05, 4.69) is 31.9 Å². The van der Waals surface area contributed by atoms with Gasteiger partial charge >= 0.3 is 5.97 Å². The zero-order chi connectivity index (χ0) is 23.4. The fraction of sp³-hybridized carbons (Fsp3) is 0.227. The molecular formula is C22H18Br2ClNO5S. The van der Waals surface area contributed by atoms with Gasteiger partial charge in [-0.15, -0.1) is 0 Å². The van der Waals surface area contributed by atoms with Crippen molar-refractivity contribution in [2.24, 2.45) is 0 Å². The van der Waals surface area contributed by atoms with E-state index in [0.717, 1.165) is 26.7 Å². The molecular weight excluding hydrogens is 586 g/mol. The van der Waals surface area contributed by atoms with Gasteiger partial charge in [0.15, 0.2) is 5.75 Å². The van der Waals surface area contributed by atoms with E-state index in [0.29, 0.717) is 27.4 Å². The van der Waals surface area contributed by atoms with Gasteiger partial charge in [0, 0.05) is 4.47 Å². The highest BCUT2D eigenvalue weighted by atomic mass is 79.9. The Labute approximate surface area is 211 Å². The third kappa shape index (κ3) is 5.75. The van der Waals surface area contributed by atoms with Crippen LogP contribution in [0.25, 0.3) is 6.08 Å². The lowest BCUT2D eigenvalue weighted by Crippen LogP contribution is -2.42. The Morgan fingerprint density at radius 3 is 2.53 bits per heavy atom. The molecule has 0 aromatic heterocycles. The molecule has 168 valence electrons. The average Bonchev–Trinajstić information content (AvgIpc) is 3.01. The fourth-order valence-electron chi connectivity index (χ4n) is 2.87. The molecule has 0 bridgehead atoms. The average molecular weight is 604 g/mol. The summed E-state index contributed by atoms with van der Waals surface area (Å²) in [6.45, 7) is 3.61. The summed E-state index contributed by atoms with van der Waals surface area (Å²) in [6.07, 6.45) is 1.55. The van der Waals surface area contributed by atoms with Crippen LogP contribution >= 0.6 is 55.2 Å². The molecule has 1 heterocycles. The first kappa shape index (κ1) is 24.8. The van der Waals surface area contributed by atoms with Gasteiger partial charge in [-0.3, -0.25) is 14.5 Å². The van der Waals surface area contributed by atoms with E-state index >= 15 is 0 Å². The highest BCUT2D eigenvalue weighted by Gasteiger charge is 2.41. The molecule has 6 nitrogen and oxygen atoms in total. The van der Waals surface area contributed by atoms with Gasteiger partial charge in [-0.1, -0.05) is 39.7 Å². The first-order chi connectivity index (χ1) is 15.2. The quantitative estimate of drug-likeness (QED) is 0.268. The first-order valence-electron chi connectivity index (χ1n) is 9.51. The van der Waals surface area contributed by atoms with Crippen LogP contribution in [0.2, 0.25) is 5.02 Å². The summed E-state index contributed by atoms with van der Waals surface area (Å²) in [5.41, 5.74) is 1.58. The van der Waals surface area contributed by atoms with Crippen LogP contribution in [0.4, 0.5) is 4.79 Å². The van der Waals surface area contributed by atoms with Crippen molar-refractivity contribution in [1.82, 2.24) is 4.90 Å². The second-order valence-electron chi connectivity index (χ2n) is 6.71. The minimum absolute atomic E-state index is 0.165. The molecule has 1 saturated heterocycles. The standard InChI is InChI=1S/C22H18Br2ClNO5S/c1-3-30-21(28)12(2)26-20(27)18(32-22(26)29)10-14-8-16(24)19(17(25)9-14)31-11-13-4-6-15(23)7-5-13/h4-10,12H,3,11H2,1-2H3/b18-10+/t12-/m0/s1. The molecule has 3 rings (SSSR count). The number of halogens is 3. The maximum Gasteiger partial charge on any atom is 0.329 e. The summed E-state index contributed by atoms with van der Waals surface area (Å²) < 4.78 is 12.4. The number of thioether (sulfide) groups is 1. The molecule has 1 aliphatic heterocycles. The molecule has 2 aromatic rings. The minimum Gasteiger partial charge on any atom is -0.486 e. The number of nitrogens with zero attached hydrogens (tertiary/aromatic N) is 1. The van der Waals surface area contributed by atoms with Gasteiger partial charge in [0.05, 0.1) is 21.0 Å². The SMILES string of the molecule is CCOC(=O)[C@H](C)N1C(=O)S/C(=C/c2cc(Cl)c(OCc3ccc(Br)cc3)c(Br)c2)C1=O. The molecule has 1 aliphatic rings. The van der Waals surface area contributed by atoms with Crippen LogP contribution < -0.4 is 4.74 Å². The lowest BCUT2D eigenvalue weighted by Gasteiger charge is -2.19. The van der Waals surface area contributed by atoms with Crippen molar-refractivity contribution in [1.29, 1.82) is 0 Å². The Balaban J connectivity index is 1.77. The van der Waals surface area contributed by atoms with Crippen molar-refractivity contribution in [3.05, 3.63) is 66.4 Å². The summed E-state index contributed by atoms with van der Waals surface area (Å²) >= 11 is 14.0. The predicted octanol–water partition coefficient (Wildman–Crippen LogP) is 6.43. The Morgan fingerprint density at radius 1 is 1.22 bits per heavy atom. The third-order valence-corrected chi connectivity index (χ3v) is 6.74. The van der Waals surface area contributed by atoms with Crippen molar-refractivity contribution in [3.8, 4) is 5.75 Å². The molecule has 2 amide bonds. The maximum absolute atomic E-state index is 12.7. The molecule has 0 radical (unpaired) electrons. The number of esters is 1. The molecule has 0 spiro atoms. The fourth-order valence-corrected chi connectivity index (χ4v) is 5.03. The number of ether oxygens (including phenoxy) is 2. The topological polar surface area (TPSA) is 72.9 Å².